The molecule has 0 saturated carbocycles. The van der Waals surface area contributed by atoms with Gasteiger partial charge in [0, 0.05) is 29.9 Å². The Kier molecular flexibility index (Phi) is 6.41. The monoisotopic (exact) mass is 377 g/mol. The number of benzene rings is 1. The maximum Gasteiger partial charge on any atom is 0.270 e. The Morgan fingerprint density at radius 1 is 1.08 bits per heavy atom. The lowest BCUT2D eigenvalue weighted by Crippen LogP contribution is -2.31. The molecule has 0 spiro atoms. The molecule has 0 unspecified atom stereocenters. The normalized spacial score (nSPS) is 10.4. The van der Waals surface area contributed by atoms with Crippen LogP contribution in [0.15, 0.2) is 30.5 Å². The van der Waals surface area contributed by atoms with Crippen LogP contribution in [-0.2, 0) is 0 Å². The van der Waals surface area contributed by atoms with Gasteiger partial charge in [-0.1, -0.05) is 11.6 Å². The van der Waals surface area contributed by atoms with Gasteiger partial charge in [-0.3, -0.25) is 14.6 Å². The molecule has 2 amide bonds. The van der Waals surface area contributed by atoms with E-state index in [1.165, 1.54) is 32.5 Å². The first-order chi connectivity index (χ1) is 12.3. The number of amides is 2. The lowest BCUT2D eigenvalue weighted by atomic mass is 10.2. The topological polar surface area (TPSA) is 89.5 Å². The van der Waals surface area contributed by atoms with E-state index in [2.05, 4.69) is 15.6 Å². The highest BCUT2D eigenvalue weighted by Crippen LogP contribution is 2.36. The molecular formula is C18H20ClN3O4. The standard InChI is InChI=1S/C18H20ClN3O4/c1-10(2)21-18(24)14-7-11(5-6-20-14)17(23)22-13-9-15(25-3)12(19)8-16(13)26-4/h5-10H,1-4H3,(H,21,24)(H,22,23). The Hall–Kier alpha value is -2.80. The van der Waals surface area contributed by atoms with Gasteiger partial charge in [0.2, 0.25) is 0 Å². The molecule has 1 aromatic carbocycles. The number of carbonyl (C=O) groups is 2. The number of rotatable bonds is 6. The van der Waals surface area contributed by atoms with Crippen molar-refractivity contribution in [3.63, 3.8) is 0 Å². The Balaban J connectivity index is 2.27. The lowest BCUT2D eigenvalue weighted by Gasteiger charge is -2.13. The van der Waals surface area contributed by atoms with E-state index < -0.39 is 5.91 Å². The molecule has 0 aliphatic carbocycles. The predicted octanol–water partition coefficient (Wildman–Crippen LogP) is 3.14. The largest absolute Gasteiger partial charge is 0.495 e. The molecule has 26 heavy (non-hydrogen) atoms. The van der Waals surface area contributed by atoms with E-state index >= 15 is 0 Å². The smallest absolute Gasteiger partial charge is 0.270 e. The van der Waals surface area contributed by atoms with Gasteiger partial charge >= 0.3 is 0 Å². The zero-order valence-electron chi connectivity index (χ0n) is 14.9. The zero-order chi connectivity index (χ0) is 19.3. The number of aromatic nitrogens is 1. The average Bonchev–Trinajstić information content (AvgIpc) is 2.62. The van der Waals surface area contributed by atoms with Crippen molar-refractivity contribution in [1.29, 1.82) is 0 Å². The minimum absolute atomic E-state index is 0.0347. The second kappa shape index (κ2) is 8.53. The summed E-state index contributed by atoms with van der Waals surface area (Å²) in [7, 11) is 2.94. The summed E-state index contributed by atoms with van der Waals surface area (Å²) < 4.78 is 10.4. The highest BCUT2D eigenvalue weighted by atomic mass is 35.5. The maximum atomic E-state index is 12.6. The molecule has 0 bridgehead atoms. The van der Waals surface area contributed by atoms with Gasteiger partial charge in [-0.25, -0.2) is 0 Å². The molecule has 1 aromatic heterocycles. The van der Waals surface area contributed by atoms with Gasteiger partial charge in [-0.2, -0.15) is 0 Å². The summed E-state index contributed by atoms with van der Waals surface area (Å²) in [5.74, 6) is 0.0135. The zero-order valence-corrected chi connectivity index (χ0v) is 15.7. The molecule has 1 heterocycles. The Morgan fingerprint density at radius 3 is 2.38 bits per heavy atom. The van der Waals surface area contributed by atoms with E-state index in [1.807, 2.05) is 13.8 Å². The number of halogens is 1. The van der Waals surface area contributed by atoms with Crippen LogP contribution in [0.3, 0.4) is 0 Å². The fourth-order valence-electron chi connectivity index (χ4n) is 2.18. The van der Waals surface area contributed by atoms with Gasteiger partial charge in [0.05, 0.1) is 24.9 Å². The molecule has 0 aliphatic heterocycles. The summed E-state index contributed by atoms with van der Waals surface area (Å²) in [5.41, 5.74) is 0.834. The van der Waals surface area contributed by atoms with Crippen molar-refractivity contribution in [2.45, 2.75) is 19.9 Å². The van der Waals surface area contributed by atoms with E-state index in [1.54, 1.807) is 12.1 Å². The van der Waals surface area contributed by atoms with Crippen molar-refractivity contribution in [3.8, 4) is 11.5 Å². The molecule has 8 heteroatoms. The van der Waals surface area contributed by atoms with Crippen LogP contribution in [0.5, 0.6) is 11.5 Å². The Morgan fingerprint density at radius 2 is 1.77 bits per heavy atom. The third-order valence-corrected chi connectivity index (χ3v) is 3.69. The van der Waals surface area contributed by atoms with Crippen molar-refractivity contribution >= 4 is 29.1 Å². The van der Waals surface area contributed by atoms with E-state index in [0.29, 0.717) is 22.2 Å². The van der Waals surface area contributed by atoms with E-state index in [4.69, 9.17) is 21.1 Å². The molecule has 2 rings (SSSR count). The van der Waals surface area contributed by atoms with Gasteiger partial charge in [0.25, 0.3) is 11.8 Å². The SMILES string of the molecule is COc1cc(NC(=O)c2ccnc(C(=O)NC(C)C)c2)c(OC)cc1Cl. The van der Waals surface area contributed by atoms with Crippen LogP contribution < -0.4 is 20.1 Å². The maximum absolute atomic E-state index is 12.6. The van der Waals surface area contributed by atoms with Gasteiger partial charge in [0.15, 0.2) is 0 Å². The van der Waals surface area contributed by atoms with Gasteiger partial charge in [-0.15, -0.1) is 0 Å². The summed E-state index contributed by atoms with van der Waals surface area (Å²) in [5, 5.41) is 5.81. The highest BCUT2D eigenvalue weighted by Gasteiger charge is 2.16. The molecule has 2 aromatic rings. The lowest BCUT2D eigenvalue weighted by molar-refractivity contribution is 0.0938. The molecule has 2 N–H and O–H groups in total. The van der Waals surface area contributed by atoms with E-state index in [9.17, 15) is 9.59 Å². The minimum atomic E-state index is -0.423. The van der Waals surface area contributed by atoms with E-state index in [0.717, 1.165) is 0 Å². The molecule has 0 atom stereocenters. The number of methoxy groups -OCH3 is 2. The summed E-state index contributed by atoms with van der Waals surface area (Å²) >= 11 is 6.06. The second-order valence-electron chi connectivity index (χ2n) is 5.70. The first-order valence-corrected chi connectivity index (χ1v) is 8.23. The van der Waals surface area contributed by atoms with Crippen LogP contribution in [0.4, 0.5) is 5.69 Å². The number of ether oxygens (including phenoxy) is 2. The number of hydrogen-bond donors (Lipinski definition) is 2. The van der Waals surface area contributed by atoms with Crippen molar-refractivity contribution < 1.29 is 19.1 Å². The molecular weight excluding hydrogens is 358 g/mol. The number of pyridine rings is 1. The van der Waals surface area contributed by atoms with E-state index in [-0.39, 0.29) is 23.2 Å². The Labute approximate surface area is 156 Å². The van der Waals surface area contributed by atoms with Crippen LogP contribution in [0, 0.1) is 0 Å². The molecule has 0 aliphatic rings. The first-order valence-electron chi connectivity index (χ1n) is 7.85. The second-order valence-corrected chi connectivity index (χ2v) is 6.11. The summed E-state index contributed by atoms with van der Waals surface area (Å²) in [4.78, 5) is 28.6. The number of carbonyl (C=O) groups excluding carboxylic acids is 2. The fraction of sp³-hybridized carbons (Fsp3) is 0.278. The van der Waals surface area contributed by atoms with Crippen molar-refractivity contribution in [1.82, 2.24) is 10.3 Å². The molecule has 7 nitrogen and oxygen atoms in total. The van der Waals surface area contributed by atoms with Gasteiger partial charge < -0.3 is 20.1 Å². The summed E-state index contributed by atoms with van der Waals surface area (Å²) in [6.45, 7) is 3.68. The number of nitrogens with zero attached hydrogens (tertiary/aromatic N) is 1. The minimum Gasteiger partial charge on any atom is -0.495 e. The van der Waals surface area contributed by atoms with Gasteiger partial charge in [-0.05, 0) is 26.0 Å². The fourth-order valence-corrected chi connectivity index (χ4v) is 2.42. The third-order valence-electron chi connectivity index (χ3n) is 3.40. The van der Waals surface area contributed by atoms with Crippen LogP contribution in [0.2, 0.25) is 5.02 Å². The number of nitrogens with one attached hydrogen (secondary N) is 2. The third kappa shape index (κ3) is 4.64. The van der Waals surface area contributed by atoms with Crippen LogP contribution in [0.1, 0.15) is 34.7 Å². The molecule has 0 fully saturated rings. The van der Waals surface area contributed by atoms with Crippen molar-refractivity contribution in [2.75, 3.05) is 19.5 Å². The first kappa shape index (κ1) is 19.5. The van der Waals surface area contributed by atoms with Crippen LogP contribution in [-0.4, -0.2) is 37.1 Å². The van der Waals surface area contributed by atoms with Crippen molar-refractivity contribution in [3.05, 3.63) is 46.7 Å². The summed E-state index contributed by atoms with van der Waals surface area (Å²) in [6, 6.07) is 6.01. The van der Waals surface area contributed by atoms with Gasteiger partial charge in [0.1, 0.15) is 17.2 Å². The molecule has 138 valence electrons. The Bertz CT molecular complexity index is 824. The quantitative estimate of drug-likeness (QED) is 0.807. The van der Waals surface area contributed by atoms with Crippen molar-refractivity contribution in [2.24, 2.45) is 0 Å². The molecule has 0 radical (unpaired) electrons. The number of hydrogen-bond acceptors (Lipinski definition) is 5. The summed E-state index contributed by atoms with van der Waals surface area (Å²) in [6.07, 6.45) is 1.41. The van der Waals surface area contributed by atoms with Crippen LogP contribution in [0.25, 0.3) is 0 Å². The predicted molar refractivity (Wildman–Crippen MR) is 99.3 cm³/mol. The molecule has 0 saturated heterocycles. The average molecular weight is 378 g/mol. The number of anilines is 1. The van der Waals surface area contributed by atoms with Crippen LogP contribution >= 0.6 is 11.6 Å². The highest BCUT2D eigenvalue weighted by molar-refractivity contribution is 6.32.